The fourth-order valence-electron chi connectivity index (χ4n) is 4.21. The molecule has 1 aliphatic heterocycles. The van der Waals surface area contributed by atoms with Gasteiger partial charge in [-0.05, 0) is 25.8 Å². The van der Waals surface area contributed by atoms with Crippen molar-refractivity contribution in [1.29, 1.82) is 10.5 Å². The molecule has 0 saturated heterocycles. The molecule has 1 heterocycles. The van der Waals surface area contributed by atoms with Crippen LogP contribution >= 0.6 is 0 Å². The van der Waals surface area contributed by atoms with E-state index in [1.54, 1.807) is 19.1 Å². The van der Waals surface area contributed by atoms with Crippen LogP contribution in [-0.4, -0.2) is 17.5 Å². The van der Waals surface area contributed by atoms with Gasteiger partial charge in [-0.25, -0.2) is 0 Å². The van der Waals surface area contributed by atoms with Gasteiger partial charge in [-0.3, -0.25) is 9.59 Å². The first-order chi connectivity index (χ1) is 12.8. The van der Waals surface area contributed by atoms with Crippen molar-refractivity contribution < 1.29 is 9.59 Å². The first-order valence-electron chi connectivity index (χ1n) is 8.49. The number of amides is 1. The summed E-state index contributed by atoms with van der Waals surface area (Å²) in [7, 11) is 0. The smallest absolute Gasteiger partial charge is 0.270 e. The topological polar surface area (TPSA) is 120 Å². The Labute approximate surface area is 157 Å². The molecule has 3 unspecified atom stereocenters. The van der Waals surface area contributed by atoms with E-state index in [9.17, 15) is 20.1 Å². The number of nitriles is 2. The van der Waals surface area contributed by atoms with Crippen LogP contribution in [0.3, 0.4) is 0 Å². The van der Waals surface area contributed by atoms with Crippen LogP contribution in [0.1, 0.15) is 25.8 Å². The predicted molar refractivity (Wildman–Crippen MR) is 99.7 cm³/mol. The summed E-state index contributed by atoms with van der Waals surface area (Å²) >= 11 is 0. The number of hydrogen-bond acceptors (Lipinski definition) is 5. The fourth-order valence-corrected chi connectivity index (χ4v) is 4.21. The molecule has 0 saturated carbocycles. The summed E-state index contributed by atoms with van der Waals surface area (Å²) < 4.78 is 0. The van der Waals surface area contributed by atoms with E-state index in [4.69, 9.17) is 5.73 Å². The molecule has 1 aromatic rings. The minimum atomic E-state index is -1.85. The Bertz CT molecular complexity index is 1010. The third-order valence-electron chi connectivity index (χ3n) is 5.46. The first kappa shape index (κ1) is 18.3. The molecule has 3 rings (SSSR count). The summed E-state index contributed by atoms with van der Waals surface area (Å²) in [5.41, 5.74) is 4.40. The molecule has 2 N–H and O–H groups in total. The molecular weight excluding hydrogens is 340 g/mol. The number of ketones is 1. The van der Waals surface area contributed by atoms with Crippen LogP contribution in [-0.2, 0) is 9.59 Å². The van der Waals surface area contributed by atoms with Gasteiger partial charge >= 0.3 is 0 Å². The Morgan fingerprint density at radius 3 is 2.52 bits per heavy atom. The minimum Gasteiger partial charge on any atom is -0.386 e. The zero-order valence-electron chi connectivity index (χ0n) is 15.1. The van der Waals surface area contributed by atoms with Crippen molar-refractivity contribution in [1.82, 2.24) is 0 Å². The van der Waals surface area contributed by atoms with Crippen LogP contribution in [0.2, 0.25) is 0 Å². The molecule has 1 aromatic carbocycles. The van der Waals surface area contributed by atoms with E-state index in [0.717, 1.165) is 5.56 Å². The second-order valence-electron chi connectivity index (χ2n) is 6.91. The van der Waals surface area contributed by atoms with Crippen molar-refractivity contribution in [2.45, 2.75) is 20.3 Å². The lowest BCUT2D eigenvalue weighted by Crippen LogP contribution is -2.55. The second-order valence-corrected chi connectivity index (χ2v) is 6.91. The summed E-state index contributed by atoms with van der Waals surface area (Å²) in [6, 6.07) is 13.4. The molecule has 0 spiro atoms. The van der Waals surface area contributed by atoms with E-state index in [2.05, 4.69) is 11.1 Å². The maximum atomic E-state index is 12.8. The van der Waals surface area contributed by atoms with Crippen molar-refractivity contribution in [2.24, 2.45) is 27.5 Å². The molecule has 1 amide bonds. The largest absolute Gasteiger partial charge is 0.386 e. The molecule has 0 aromatic heterocycles. The van der Waals surface area contributed by atoms with Crippen LogP contribution in [0.25, 0.3) is 6.08 Å². The molecule has 134 valence electrons. The summed E-state index contributed by atoms with van der Waals surface area (Å²) in [6.45, 7) is 3.13. The standard InChI is InChI=1S/C21H18N4O2/c1-13-10-20(11-22)18(24)25-19(27)21(20,12-23)16(17(13)14(2)26)9-8-15-6-4-3-5-7-15/h3-9,16H,10H2,1-2H3,(H2,24,25,27)/b9-8+. The van der Waals surface area contributed by atoms with Gasteiger partial charge in [0.25, 0.3) is 5.91 Å². The van der Waals surface area contributed by atoms with Gasteiger partial charge < -0.3 is 5.73 Å². The lowest BCUT2D eigenvalue weighted by molar-refractivity contribution is -0.128. The van der Waals surface area contributed by atoms with Crippen LogP contribution in [0.15, 0.2) is 52.5 Å². The number of fused-ring (bicyclic) bond motifs is 1. The van der Waals surface area contributed by atoms with Crippen molar-refractivity contribution in [2.75, 3.05) is 0 Å². The van der Waals surface area contributed by atoms with E-state index in [-0.39, 0.29) is 18.0 Å². The summed E-state index contributed by atoms with van der Waals surface area (Å²) in [5.74, 6) is -2.07. The van der Waals surface area contributed by atoms with E-state index in [1.165, 1.54) is 6.92 Å². The van der Waals surface area contributed by atoms with Crippen LogP contribution in [0, 0.1) is 39.4 Å². The van der Waals surface area contributed by atoms with Gasteiger partial charge in [-0.15, -0.1) is 0 Å². The van der Waals surface area contributed by atoms with Crippen LogP contribution in [0.4, 0.5) is 0 Å². The monoisotopic (exact) mass is 358 g/mol. The number of nitrogens with two attached hydrogens (primary N) is 1. The Morgan fingerprint density at radius 1 is 1.30 bits per heavy atom. The molecule has 27 heavy (non-hydrogen) atoms. The Kier molecular flexibility index (Phi) is 4.29. The van der Waals surface area contributed by atoms with E-state index < -0.39 is 22.7 Å². The van der Waals surface area contributed by atoms with Gasteiger partial charge in [0.15, 0.2) is 11.2 Å². The lowest BCUT2D eigenvalue weighted by atomic mass is 9.51. The maximum Gasteiger partial charge on any atom is 0.270 e. The van der Waals surface area contributed by atoms with Crippen molar-refractivity contribution in [3.63, 3.8) is 0 Å². The molecule has 0 radical (unpaired) electrons. The number of hydrogen-bond donors (Lipinski definition) is 1. The average molecular weight is 358 g/mol. The zero-order valence-corrected chi connectivity index (χ0v) is 15.1. The van der Waals surface area contributed by atoms with Crippen molar-refractivity contribution >= 4 is 23.6 Å². The van der Waals surface area contributed by atoms with E-state index >= 15 is 0 Å². The third kappa shape index (κ3) is 2.34. The molecular formula is C21H18N4O2. The highest BCUT2D eigenvalue weighted by atomic mass is 16.2. The van der Waals surface area contributed by atoms with Crippen LogP contribution in [0.5, 0.6) is 0 Å². The van der Waals surface area contributed by atoms with E-state index in [0.29, 0.717) is 11.1 Å². The molecule has 1 aliphatic carbocycles. The van der Waals surface area contributed by atoms with Crippen molar-refractivity contribution in [3.05, 3.63) is 53.1 Å². The highest BCUT2D eigenvalue weighted by molar-refractivity contribution is 6.13. The van der Waals surface area contributed by atoms with E-state index in [1.807, 2.05) is 36.4 Å². The van der Waals surface area contributed by atoms with Gasteiger partial charge in [0.05, 0.1) is 12.1 Å². The van der Waals surface area contributed by atoms with Gasteiger partial charge in [0.1, 0.15) is 11.3 Å². The van der Waals surface area contributed by atoms with Crippen molar-refractivity contribution in [3.8, 4) is 12.1 Å². The highest BCUT2D eigenvalue weighted by Crippen LogP contribution is 2.59. The number of benzene rings is 1. The number of rotatable bonds is 3. The lowest BCUT2D eigenvalue weighted by Gasteiger charge is -2.43. The second kappa shape index (κ2) is 6.34. The number of amidine groups is 1. The fraction of sp³-hybridized carbons (Fsp3) is 0.286. The number of aliphatic imine (C=N–C) groups is 1. The predicted octanol–water partition coefficient (Wildman–Crippen LogP) is 2.54. The van der Waals surface area contributed by atoms with Gasteiger partial charge in [-0.2, -0.15) is 15.5 Å². The van der Waals surface area contributed by atoms with Gasteiger partial charge in [0, 0.05) is 11.5 Å². The van der Waals surface area contributed by atoms with Gasteiger partial charge in [-0.1, -0.05) is 48.1 Å². The summed E-state index contributed by atoms with van der Waals surface area (Å²) in [4.78, 5) is 29.0. The zero-order chi connectivity index (χ0) is 19.8. The number of allylic oxidation sites excluding steroid dienone is 3. The Balaban J connectivity index is 2.28. The molecule has 0 bridgehead atoms. The number of carbonyl (C=O) groups excluding carboxylic acids is 2. The molecule has 0 fully saturated rings. The average Bonchev–Trinajstić information content (AvgIpc) is 2.87. The normalized spacial score (nSPS) is 29.9. The summed E-state index contributed by atoms with van der Waals surface area (Å²) in [6.07, 6.45) is 3.42. The number of carbonyl (C=O) groups is 2. The third-order valence-corrected chi connectivity index (χ3v) is 5.46. The first-order valence-corrected chi connectivity index (χ1v) is 8.49. The Hall–Kier alpha value is -3.51. The SMILES string of the molecule is CC(=O)C1=C(C)CC2(C#N)C(N)=NC(=O)C2(C#N)C1/C=C/c1ccccc1. The highest BCUT2D eigenvalue weighted by Gasteiger charge is 2.70. The quantitative estimate of drug-likeness (QED) is 0.890. The molecule has 6 heteroatoms. The maximum absolute atomic E-state index is 12.8. The molecule has 2 aliphatic rings. The minimum absolute atomic E-state index is 0.0305. The molecule has 6 nitrogen and oxygen atoms in total. The van der Waals surface area contributed by atoms with Crippen LogP contribution < -0.4 is 5.73 Å². The Morgan fingerprint density at radius 2 is 1.96 bits per heavy atom. The molecule has 3 atom stereocenters. The van der Waals surface area contributed by atoms with Gasteiger partial charge in [0.2, 0.25) is 0 Å². The summed E-state index contributed by atoms with van der Waals surface area (Å²) in [5, 5.41) is 20.0. The number of nitrogens with zero attached hydrogens (tertiary/aromatic N) is 3. The number of Topliss-reactive ketones (excluding diaryl/α,β-unsaturated/α-hetero) is 1.